The quantitative estimate of drug-likeness (QED) is 0.371. The molecule has 0 radical (unpaired) electrons. The van der Waals surface area contributed by atoms with Gasteiger partial charge in [-0.1, -0.05) is 31.9 Å². The van der Waals surface area contributed by atoms with Crippen LogP contribution in [0, 0.1) is 0 Å². The fourth-order valence-electron chi connectivity index (χ4n) is 3.66. The largest absolute Gasteiger partial charge is 0.494 e. The fraction of sp³-hybridized carbons (Fsp3) is 0.636. The van der Waals surface area contributed by atoms with Gasteiger partial charge < -0.3 is 20.1 Å². The second-order valence-corrected chi connectivity index (χ2v) is 7.81. The minimum Gasteiger partial charge on any atom is -0.494 e. The second kappa shape index (κ2) is 13.1. The van der Waals surface area contributed by atoms with Crippen LogP contribution in [0.4, 0.5) is 15.3 Å². The number of hydrogen-bond donors (Lipinski definition) is 3. The van der Waals surface area contributed by atoms with Crippen molar-refractivity contribution in [2.45, 2.75) is 64.1 Å². The van der Waals surface area contributed by atoms with Crippen molar-refractivity contribution in [2.24, 2.45) is 0 Å². The first-order valence-corrected chi connectivity index (χ1v) is 11.1. The number of hydroxylamine groups is 3. The van der Waals surface area contributed by atoms with E-state index in [1.54, 1.807) is 38.3 Å². The van der Waals surface area contributed by atoms with Crippen LogP contribution in [0.1, 0.15) is 46.0 Å². The maximum atomic E-state index is 12.7. The Balaban J connectivity index is 1.99. The average Bonchev–Trinajstić information content (AvgIpc) is 2.82. The standard InChI is InChI=1S/C22H36N4O6/c1-5-14-23-21(27)26(18-11-7-9-13-20(18)31-4)32-15-16(2)24-22(28)25(29)17-10-6-8-12-19(17)30-3/h6,8,10,12,16,18,20,29H,5,7,9,11,13-15H2,1-4H3,(H,23,27)(H,24,28). The molecule has 1 aliphatic rings. The Hall–Kier alpha value is -2.56. The molecule has 1 saturated carbocycles. The summed E-state index contributed by atoms with van der Waals surface area (Å²) in [6, 6.07) is 4.87. The summed E-state index contributed by atoms with van der Waals surface area (Å²) in [5.74, 6) is 0.357. The monoisotopic (exact) mass is 452 g/mol. The molecule has 1 aromatic carbocycles. The van der Waals surface area contributed by atoms with Crippen LogP contribution in [0.5, 0.6) is 5.75 Å². The van der Waals surface area contributed by atoms with Crippen molar-refractivity contribution in [1.82, 2.24) is 15.7 Å². The van der Waals surface area contributed by atoms with Gasteiger partial charge >= 0.3 is 12.1 Å². The summed E-state index contributed by atoms with van der Waals surface area (Å²) in [7, 11) is 3.10. The molecule has 3 unspecified atom stereocenters. The maximum Gasteiger partial charge on any atom is 0.346 e. The van der Waals surface area contributed by atoms with Gasteiger partial charge in [-0.15, -0.1) is 0 Å². The molecular formula is C22H36N4O6. The lowest BCUT2D eigenvalue weighted by atomic mass is 9.92. The summed E-state index contributed by atoms with van der Waals surface area (Å²) in [6.45, 7) is 4.28. The lowest BCUT2D eigenvalue weighted by Crippen LogP contribution is -2.54. The molecule has 4 amide bonds. The number of rotatable bonds is 10. The van der Waals surface area contributed by atoms with Crippen LogP contribution < -0.4 is 20.4 Å². The number of nitrogens with one attached hydrogen (secondary N) is 2. The Kier molecular flexibility index (Phi) is 10.5. The molecule has 0 saturated heterocycles. The number of carbonyl (C=O) groups is 2. The predicted molar refractivity (Wildman–Crippen MR) is 120 cm³/mol. The Bertz CT molecular complexity index is 734. The van der Waals surface area contributed by atoms with Crippen LogP contribution in [0.2, 0.25) is 0 Å². The highest BCUT2D eigenvalue weighted by molar-refractivity contribution is 5.91. The van der Waals surface area contributed by atoms with E-state index in [4.69, 9.17) is 14.3 Å². The third-order valence-corrected chi connectivity index (χ3v) is 5.34. The molecule has 3 atom stereocenters. The molecule has 32 heavy (non-hydrogen) atoms. The van der Waals surface area contributed by atoms with E-state index in [1.165, 1.54) is 12.2 Å². The van der Waals surface area contributed by atoms with Gasteiger partial charge in [0.05, 0.1) is 31.9 Å². The second-order valence-electron chi connectivity index (χ2n) is 7.81. The van der Waals surface area contributed by atoms with Crippen LogP contribution in [-0.2, 0) is 9.57 Å². The summed E-state index contributed by atoms with van der Waals surface area (Å²) in [5, 5.41) is 17.6. The smallest absolute Gasteiger partial charge is 0.346 e. The van der Waals surface area contributed by atoms with Crippen molar-refractivity contribution >= 4 is 17.7 Å². The Labute approximate surface area is 189 Å². The average molecular weight is 453 g/mol. The Morgan fingerprint density at radius 1 is 1.19 bits per heavy atom. The van der Waals surface area contributed by atoms with Crippen molar-refractivity contribution in [2.75, 3.05) is 32.4 Å². The van der Waals surface area contributed by atoms with Gasteiger partial charge in [-0.3, -0.25) is 10.0 Å². The SMILES string of the molecule is CCCNC(=O)N(OCC(C)NC(=O)N(O)c1ccccc1OC)C1CCCCC1OC. The van der Waals surface area contributed by atoms with E-state index >= 15 is 0 Å². The van der Waals surface area contributed by atoms with E-state index in [2.05, 4.69) is 10.6 Å². The van der Waals surface area contributed by atoms with Gasteiger partial charge in [-0.05, 0) is 38.3 Å². The minimum absolute atomic E-state index is 0.0397. The topological polar surface area (TPSA) is 113 Å². The van der Waals surface area contributed by atoms with E-state index in [0.29, 0.717) is 17.4 Å². The van der Waals surface area contributed by atoms with E-state index in [1.807, 2.05) is 6.92 Å². The number of nitrogens with zero attached hydrogens (tertiary/aromatic N) is 2. The summed E-state index contributed by atoms with van der Waals surface area (Å²) >= 11 is 0. The first-order valence-electron chi connectivity index (χ1n) is 11.1. The van der Waals surface area contributed by atoms with Crippen LogP contribution in [0.25, 0.3) is 0 Å². The molecule has 180 valence electrons. The normalized spacial score (nSPS) is 19.0. The zero-order valence-corrected chi connectivity index (χ0v) is 19.4. The number of para-hydroxylation sites is 2. The fourth-order valence-corrected chi connectivity index (χ4v) is 3.66. The molecule has 1 fully saturated rings. The molecule has 0 bridgehead atoms. The number of urea groups is 2. The molecule has 1 aliphatic carbocycles. The van der Waals surface area contributed by atoms with Gasteiger partial charge in [0.1, 0.15) is 11.4 Å². The van der Waals surface area contributed by atoms with E-state index < -0.39 is 12.1 Å². The first-order chi connectivity index (χ1) is 15.4. The Morgan fingerprint density at radius 2 is 1.91 bits per heavy atom. The predicted octanol–water partition coefficient (Wildman–Crippen LogP) is 3.30. The zero-order valence-electron chi connectivity index (χ0n) is 19.4. The molecule has 10 nitrogen and oxygen atoms in total. The van der Waals surface area contributed by atoms with Gasteiger partial charge in [0, 0.05) is 13.7 Å². The van der Waals surface area contributed by atoms with E-state index in [0.717, 1.165) is 32.1 Å². The van der Waals surface area contributed by atoms with Crippen LogP contribution >= 0.6 is 0 Å². The van der Waals surface area contributed by atoms with Crippen molar-refractivity contribution in [3.8, 4) is 5.75 Å². The number of methoxy groups -OCH3 is 2. The van der Waals surface area contributed by atoms with Gasteiger partial charge in [-0.25, -0.2) is 9.59 Å². The van der Waals surface area contributed by atoms with Crippen molar-refractivity contribution in [1.29, 1.82) is 0 Å². The highest BCUT2D eigenvalue weighted by atomic mass is 16.7. The van der Waals surface area contributed by atoms with Gasteiger partial charge in [0.25, 0.3) is 0 Å². The van der Waals surface area contributed by atoms with E-state index in [-0.39, 0.29) is 30.5 Å². The molecule has 3 N–H and O–H groups in total. The Morgan fingerprint density at radius 3 is 2.59 bits per heavy atom. The zero-order chi connectivity index (χ0) is 23.5. The third kappa shape index (κ3) is 6.98. The van der Waals surface area contributed by atoms with Gasteiger partial charge in [0.15, 0.2) is 0 Å². The lowest BCUT2D eigenvalue weighted by Gasteiger charge is -2.38. The van der Waals surface area contributed by atoms with Gasteiger partial charge in [0.2, 0.25) is 0 Å². The molecule has 2 rings (SSSR count). The summed E-state index contributed by atoms with van der Waals surface area (Å²) in [6.07, 6.45) is 4.35. The van der Waals surface area contributed by atoms with Crippen LogP contribution in [0.15, 0.2) is 24.3 Å². The molecule has 0 aliphatic heterocycles. The van der Waals surface area contributed by atoms with Crippen LogP contribution in [-0.4, -0.2) is 67.9 Å². The molecule has 1 aromatic rings. The van der Waals surface area contributed by atoms with E-state index in [9.17, 15) is 14.8 Å². The van der Waals surface area contributed by atoms with Crippen molar-refractivity contribution in [3.63, 3.8) is 0 Å². The number of amides is 4. The van der Waals surface area contributed by atoms with Gasteiger partial charge in [-0.2, -0.15) is 10.1 Å². The number of carbonyl (C=O) groups excluding carboxylic acids is 2. The summed E-state index contributed by atoms with van der Waals surface area (Å²) < 4.78 is 10.8. The molecule has 10 heteroatoms. The molecule has 0 heterocycles. The number of anilines is 1. The summed E-state index contributed by atoms with van der Waals surface area (Å²) in [4.78, 5) is 31.1. The van der Waals surface area contributed by atoms with Crippen molar-refractivity contribution in [3.05, 3.63) is 24.3 Å². The molecule has 0 spiro atoms. The molecule has 0 aromatic heterocycles. The molecular weight excluding hydrogens is 416 g/mol. The summed E-state index contributed by atoms with van der Waals surface area (Å²) in [5.41, 5.74) is 0.214. The number of ether oxygens (including phenoxy) is 2. The maximum absolute atomic E-state index is 12.7. The van der Waals surface area contributed by atoms with Crippen LogP contribution in [0.3, 0.4) is 0 Å². The highest BCUT2D eigenvalue weighted by Gasteiger charge is 2.34. The minimum atomic E-state index is -0.736. The number of benzene rings is 1. The number of hydrogen-bond acceptors (Lipinski definition) is 6. The highest BCUT2D eigenvalue weighted by Crippen LogP contribution is 2.27. The van der Waals surface area contributed by atoms with Crippen molar-refractivity contribution < 1.29 is 29.1 Å². The third-order valence-electron chi connectivity index (χ3n) is 5.34. The first kappa shape index (κ1) is 25.7. The lowest BCUT2D eigenvalue weighted by molar-refractivity contribution is -0.180.